The SMILES string of the molecule is Cl.NC1CC2CCCC(C1)C2NC(=O)C1=CC=CN2CCS(=O)(=O)N=C12. The normalized spacial score (nSPS) is 34.7. The maximum Gasteiger partial charge on any atom is 0.256 e. The van der Waals surface area contributed by atoms with E-state index in [4.69, 9.17) is 5.73 Å². The van der Waals surface area contributed by atoms with Crippen molar-refractivity contribution in [3.8, 4) is 0 Å². The number of halogens is 1. The topological polar surface area (TPSA) is 105 Å². The molecule has 2 aliphatic carbocycles. The Labute approximate surface area is 160 Å². The molecule has 2 fully saturated rings. The van der Waals surface area contributed by atoms with Crippen molar-refractivity contribution < 1.29 is 13.2 Å². The van der Waals surface area contributed by atoms with Crippen molar-refractivity contribution in [2.45, 2.75) is 44.2 Å². The summed E-state index contributed by atoms with van der Waals surface area (Å²) < 4.78 is 27.5. The molecule has 4 rings (SSSR count). The zero-order chi connectivity index (χ0) is 17.6. The van der Waals surface area contributed by atoms with Gasteiger partial charge in [0.05, 0.1) is 11.3 Å². The minimum atomic E-state index is -3.50. The molecule has 2 unspecified atom stereocenters. The summed E-state index contributed by atoms with van der Waals surface area (Å²) in [6.45, 7) is 0.325. The second-order valence-electron chi connectivity index (χ2n) is 7.50. The summed E-state index contributed by atoms with van der Waals surface area (Å²) in [4.78, 5) is 14.6. The Kier molecular flexibility index (Phi) is 5.46. The predicted molar refractivity (Wildman–Crippen MR) is 102 cm³/mol. The number of nitrogens with one attached hydrogen (secondary N) is 1. The number of fused-ring (bicyclic) bond motifs is 3. The highest BCUT2D eigenvalue weighted by Gasteiger charge is 2.41. The van der Waals surface area contributed by atoms with E-state index in [0.717, 1.165) is 25.7 Å². The van der Waals surface area contributed by atoms with E-state index in [2.05, 4.69) is 9.71 Å². The van der Waals surface area contributed by atoms with E-state index < -0.39 is 10.0 Å². The van der Waals surface area contributed by atoms with Crippen molar-refractivity contribution in [1.82, 2.24) is 10.2 Å². The van der Waals surface area contributed by atoms with Crippen LogP contribution < -0.4 is 11.1 Å². The highest BCUT2D eigenvalue weighted by atomic mass is 35.5. The van der Waals surface area contributed by atoms with Crippen molar-refractivity contribution in [2.75, 3.05) is 12.3 Å². The second kappa shape index (κ2) is 7.32. The van der Waals surface area contributed by atoms with Crippen LogP contribution in [0.15, 0.2) is 28.3 Å². The van der Waals surface area contributed by atoms with E-state index in [1.807, 2.05) is 0 Å². The van der Waals surface area contributed by atoms with Gasteiger partial charge in [-0.1, -0.05) is 6.42 Å². The average molecular weight is 401 g/mol. The van der Waals surface area contributed by atoms with Crippen LogP contribution in [0.25, 0.3) is 0 Å². The van der Waals surface area contributed by atoms with Gasteiger partial charge in [0.15, 0.2) is 5.84 Å². The Balaban J connectivity index is 0.00000196. The molecule has 1 amide bonds. The number of hydrogen-bond donors (Lipinski definition) is 2. The van der Waals surface area contributed by atoms with Gasteiger partial charge in [-0.15, -0.1) is 16.8 Å². The van der Waals surface area contributed by atoms with Crippen LogP contribution in [0.4, 0.5) is 0 Å². The van der Waals surface area contributed by atoms with Gasteiger partial charge in [0, 0.05) is 24.8 Å². The molecular weight excluding hydrogens is 376 g/mol. The molecule has 3 N–H and O–H groups in total. The first kappa shape index (κ1) is 19.4. The van der Waals surface area contributed by atoms with Crippen molar-refractivity contribution in [2.24, 2.45) is 22.0 Å². The third-order valence-electron chi connectivity index (χ3n) is 5.78. The quantitative estimate of drug-likeness (QED) is 0.717. The fourth-order valence-electron chi connectivity index (χ4n) is 4.65. The summed E-state index contributed by atoms with van der Waals surface area (Å²) in [5.41, 5.74) is 6.48. The van der Waals surface area contributed by atoms with Crippen LogP contribution in [-0.4, -0.2) is 49.4 Å². The number of hydrogen-bond acceptors (Lipinski definition) is 5. The summed E-state index contributed by atoms with van der Waals surface area (Å²) in [6.07, 6.45) is 10.4. The molecule has 26 heavy (non-hydrogen) atoms. The summed E-state index contributed by atoms with van der Waals surface area (Å²) >= 11 is 0. The average Bonchev–Trinajstić information content (AvgIpc) is 2.54. The van der Waals surface area contributed by atoms with Gasteiger partial charge in [0.2, 0.25) is 0 Å². The van der Waals surface area contributed by atoms with Crippen LogP contribution in [0.3, 0.4) is 0 Å². The van der Waals surface area contributed by atoms with Crippen LogP contribution in [-0.2, 0) is 14.8 Å². The lowest BCUT2D eigenvalue weighted by Gasteiger charge is -2.45. The van der Waals surface area contributed by atoms with Crippen molar-refractivity contribution >= 4 is 34.2 Å². The van der Waals surface area contributed by atoms with Gasteiger partial charge in [0.25, 0.3) is 15.9 Å². The minimum absolute atomic E-state index is 0. The molecule has 9 heteroatoms. The Morgan fingerprint density at radius 1 is 1.27 bits per heavy atom. The van der Waals surface area contributed by atoms with E-state index in [0.29, 0.717) is 24.0 Å². The molecule has 144 valence electrons. The zero-order valence-corrected chi connectivity index (χ0v) is 16.1. The predicted octanol–water partition coefficient (Wildman–Crippen LogP) is 0.928. The summed E-state index contributed by atoms with van der Waals surface area (Å²) in [7, 11) is -3.50. The van der Waals surface area contributed by atoms with E-state index in [9.17, 15) is 13.2 Å². The molecule has 4 aliphatic rings. The van der Waals surface area contributed by atoms with Gasteiger partial charge in [-0.3, -0.25) is 4.79 Å². The number of allylic oxidation sites excluding steroid dienone is 2. The summed E-state index contributed by atoms with van der Waals surface area (Å²) in [6, 6.07) is 0.353. The fourth-order valence-corrected chi connectivity index (χ4v) is 5.63. The van der Waals surface area contributed by atoms with E-state index in [1.165, 1.54) is 6.42 Å². The smallest absolute Gasteiger partial charge is 0.256 e. The van der Waals surface area contributed by atoms with Gasteiger partial charge in [-0.05, 0) is 49.7 Å². The molecule has 0 radical (unpaired) electrons. The molecule has 2 aliphatic heterocycles. The van der Waals surface area contributed by atoms with Crippen LogP contribution in [0, 0.1) is 11.8 Å². The first-order chi connectivity index (χ1) is 11.9. The fraction of sp³-hybridized carbons (Fsp3) is 0.647. The number of carbonyl (C=O) groups excluding carboxylic acids is 1. The molecule has 0 spiro atoms. The number of amides is 1. The molecule has 0 saturated heterocycles. The van der Waals surface area contributed by atoms with Crippen LogP contribution >= 0.6 is 12.4 Å². The van der Waals surface area contributed by atoms with Crippen LogP contribution in [0.5, 0.6) is 0 Å². The highest BCUT2D eigenvalue weighted by Crippen LogP contribution is 2.39. The molecule has 2 atom stereocenters. The molecule has 7 nitrogen and oxygen atoms in total. The lowest BCUT2D eigenvalue weighted by molar-refractivity contribution is -0.119. The van der Waals surface area contributed by atoms with Crippen molar-refractivity contribution in [3.05, 3.63) is 23.9 Å². The number of nitrogens with zero attached hydrogens (tertiary/aromatic N) is 2. The molecule has 2 bridgehead atoms. The Morgan fingerprint density at radius 3 is 2.65 bits per heavy atom. The Hall–Kier alpha value is -1.38. The van der Waals surface area contributed by atoms with E-state index >= 15 is 0 Å². The molecule has 2 heterocycles. The lowest BCUT2D eigenvalue weighted by atomic mass is 9.67. The Morgan fingerprint density at radius 2 is 1.96 bits per heavy atom. The van der Waals surface area contributed by atoms with Crippen molar-refractivity contribution in [3.63, 3.8) is 0 Å². The number of rotatable bonds is 2. The van der Waals surface area contributed by atoms with E-state index in [1.54, 1.807) is 23.3 Å². The first-order valence-corrected chi connectivity index (χ1v) is 10.6. The second-order valence-corrected chi connectivity index (χ2v) is 9.25. The third kappa shape index (κ3) is 3.68. The largest absolute Gasteiger partial charge is 0.349 e. The van der Waals surface area contributed by atoms with Crippen LogP contribution in [0.1, 0.15) is 32.1 Å². The summed E-state index contributed by atoms with van der Waals surface area (Å²) in [5.74, 6) is 0.811. The van der Waals surface area contributed by atoms with Gasteiger partial charge in [-0.25, -0.2) is 8.42 Å². The van der Waals surface area contributed by atoms with E-state index in [-0.39, 0.29) is 42.0 Å². The zero-order valence-electron chi connectivity index (χ0n) is 14.5. The summed E-state index contributed by atoms with van der Waals surface area (Å²) in [5, 5.41) is 3.17. The number of nitrogens with two attached hydrogens (primary N) is 1. The Bertz CT molecular complexity index is 763. The van der Waals surface area contributed by atoms with Gasteiger partial charge in [0.1, 0.15) is 0 Å². The standard InChI is InChI=1S/C17H24N4O3S.ClH/c18-13-9-11-3-1-4-12(10-13)15(11)19-17(22)14-5-2-6-21-7-8-25(23,24)20-16(14)21;/h2,5-6,11-13,15H,1,3-4,7-10,18H2,(H,19,22);1H. The molecule has 0 aromatic heterocycles. The monoisotopic (exact) mass is 400 g/mol. The highest BCUT2D eigenvalue weighted by molar-refractivity contribution is 7.90. The maximum absolute atomic E-state index is 12.9. The number of amidine groups is 1. The number of sulfonamides is 1. The first-order valence-electron chi connectivity index (χ1n) is 8.97. The number of carbonyl (C=O) groups is 1. The molecule has 2 saturated carbocycles. The maximum atomic E-state index is 12.9. The van der Waals surface area contributed by atoms with Gasteiger partial charge in [-0.2, -0.15) is 0 Å². The third-order valence-corrected chi connectivity index (χ3v) is 6.93. The van der Waals surface area contributed by atoms with Gasteiger partial charge < -0.3 is 16.0 Å². The molecule has 0 aromatic rings. The van der Waals surface area contributed by atoms with Crippen molar-refractivity contribution in [1.29, 1.82) is 0 Å². The van der Waals surface area contributed by atoms with Gasteiger partial charge >= 0.3 is 0 Å². The molecule has 0 aromatic carbocycles. The molecular formula is C17H25ClN4O3S. The van der Waals surface area contributed by atoms with Crippen LogP contribution in [0.2, 0.25) is 0 Å². The lowest BCUT2D eigenvalue weighted by Crippen LogP contribution is -2.55. The minimum Gasteiger partial charge on any atom is -0.349 e.